The van der Waals surface area contributed by atoms with Crippen LogP contribution in [0.25, 0.3) is 0 Å². The van der Waals surface area contributed by atoms with Crippen LogP contribution < -0.4 is 5.32 Å². The Hall–Kier alpha value is -1.51. The second-order valence-electron chi connectivity index (χ2n) is 6.86. The van der Waals surface area contributed by atoms with Crippen LogP contribution in [0.3, 0.4) is 0 Å². The molecule has 0 radical (unpaired) electrons. The molecule has 3 fully saturated rings. The van der Waals surface area contributed by atoms with Crippen LogP contribution in [0.4, 0.5) is 0 Å². The van der Waals surface area contributed by atoms with Gasteiger partial charge in [0.1, 0.15) is 5.75 Å². The van der Waals surface area contributed by atoms with Crippen LogP contribution in [-0.2, 0) is 0 Å². The van der Waals surface area contributed by atoms with E-state index in [0.29, 0.717) is 11.5 Å². The van der Waals surface area contributed by atoms with Crippen LogP contribution in [-0.4, -0.2) is 16.6 Å². The van der Waals surface area contributed by atoms with Crippen LogP contribution >= 0.6 is 0 Å². The van der Waals surface area contributed by atoms with Crippen molar-refractivity contribution in [1.82, 2.24) is 5.32 Å². The van der Waals surface area contributed by atoms with Gasteiger partial charge in [0, 0.05) is 11.1 Å². The molecule has 2 N–H and O–H groups in total. The number of amides is 1. The predicted octanol–water partition coefficient (Wildman–Crippen LogP) is 3.09. The summed E-state index contributed by atoms with van der Waals surface area (Å²) >= 11 is 0. The lowest BCUT2D eigenvalue weighted by Gasteiger charge is -2.36. The summed E-state index contributed by atoms with van der Waals surface area (Å²) in [7, 11) is 0. The van der Waals surface area contributed by atoms with Crippen molar-refractivity contribution < 1.29 is 9.90 Å². The maximum absolute atomic E-state index is 12.5. The Labute approximate surface area is 119 Å². The fourth-order valence-electron chi connectivity index (χ4n) is 5.17. The molecule has 20 heavy (non-hydrogen) atoms. The number of carbonyl (C=O) groups excluding carboxylic acids is 1. The largest absolute Gasteiger partial charge is 0.508 e. The number of fused-ring (bicyclic) bond motifs is 5. The van der Waals surface area contributed by atoms with Gasteiger partial charge in [0.2, 0.25) is 0 Å². The molecule has 3 heteroatoms. The third-order valence-electron chi connectivity index (χ3n) is 5.96. The summed E-state index contributed by atoms with van der Waals surface area (Å²) in [5.74, 6) is 2.66. The Morgan fingerprint density at radius 3 is 2.80 bits per heavy atom. The fourth-order valence-corrected chi connectivity index (χ4v) is 5.17. The third-order valence-corrected chi connectivity index (χ3v) is 5.96. The lowest BCUT2D eigenvalue weighted by Crippen LogP contribution is -2.50. The molecule has 1 aromatic rings. The highest BCUT2D eigenvalue weighted by Gasteiger charge is 2.59. The van der Waals surface area contributed by atoms with Gasteiger partial charge in [0.15, 0.2) is 0 Å². The molecule has 2 bridgehead atoms. The minimum Gasteiger partial charge on any atom is -0.508 e. The maximum atomic E-state index is 12.5. The molecule has 106 valence electrons. The number of aromatic hydroxyl groups is 1. The highest BCUT2D eigenvalue weighted by Crippen LogP contribution is 2.60. The van der Waals surface area contributed by atoms with Gasteiger partial charge in [-0.2, -0.15) is 0 Å². The van der Waals surface area contributed by atoms with E-state index < -0.39 is 0 Å². The molecule has 4 rings (SSSR count). The lowest BCUT2D eigenvalue weighted by atomic mass is 9.77. The van der Waals surface area contributed by atoms with E-state index in [1.54, 1.807) is 24.3 Å². The summed E-state index contributed by atoms with van der Waals surface area (Å²) in [6.07, 6.45) is 7.62. The van der Waals surface area contributed by atoms with E-state index in [0.717, 1.165) is 18.3 Å². The third kappa shape index (κ3) is 1.68. The van der Waals surface area contributed by atoms with Gasteiger partial charge in [-0.1, -0.05) is 6.42 Å². The van der Waals surface area contributed by atoms with E-state index >= 15 is 0 Å². The minimum absolute atomic E-state index is 0.0261. The molecule has 4 atom stereocenters. The van der Waals surface area contributed by atoms with Gasteiger partial charge < -0.3 is 10.4 Å². The molecule has 0 heterocycles. The molecular weight excluding hydrogens is 250 g/mol. The van der Waals surface area contributed by atoms with Gasteiger partial charge >= 0.3 is 0 Å². The van der Waals surface area contributed by atoms with Crippen molar-refractivity contribution in [3.63, 3.8) is 0 Å². The highest BCUT2D eigenvalue weighted by molar-refractivity contribution is 5.94. The van der Waals surface area contributed by atoms with Crippen LogP contribution in [0.5, 0.6) is 5.75 Å². The van der Waals surface area contributed by atoms with E-state index in [1.807, 2.05) is 0 Å². The quantitative estimate of drug-likeness (QED) is 0.868. The van der Waals surface area contributed by atoms with Crippen molar-refractivity contribution in [3.05, 3.63) is 29.8 Å². The van der Waals surface area contributed by atoms with E-state index in [9.17, 15) is 9.90 Å². The molecule has 3 saturated carbocycles. The minimum atomic E-state index is 0.0261. The van der Waals surface area contributed by atoms with Gasteiger partial charge in [0.05, 0.1) is 0 Å². The standard InChI is InChI=1S/C17H21NO2/c19-13-6-4-11(5-7-13)16(20)18-17-9-8-12(10-17)14-2-1-3-15(14)17/h4-7,12,14-15,19H,1-3,8-10H2,(H,18,20). The summed E-state index contributed by atoms with van der Waals surface area (Å²) in [5.41, 5.74) is 0.725. The number of phenols is 1. The number of hydrogen-bond acceptors (Lipinski definition) is 2. The summed E-state index contributed by atoms with van der Waals surface area (Å²) in [6.45, 7) is 0. The number of rotatable bonds is 2. The number of benzene rings is 1. The molecule has 3 aliphatic rings. The van der Waals surface area contributed by atoms with Crippen LogP contribution in [0.1, 0.15) is 48.9 Å². The summed E-state index contributed by atoms with van der Waals surface area (Å²) < 4.78 is 0. The van der Waals surface area contributed by atoms with Gasteiger partial charge in [0.25, 0.3) is 5.91 Å². The van der Waals surface area contributed by atoms with Crippen molar-refractivity contribution in [3.8, 4) is 5.75 Å². The van der Waals surface area contributed by atoms with Crippen molar-refractivity contribution >= 4 is 5.91 Å². The van der Waals surface area contributed by atoms with Crippen molar-refractivity contribution in [2.45, 2.75) is 44.1 Å². The summed E-state index contributed by atoms with van der Waals surface area (Å²) in [4.78, 5) is 12.5. The van der Waals surface area contributed by atoms with Gasteiger partial charge in [-0.05, 0) is 74.1 Å². The molecule has 0 aromatic heterocycles. The Morgan fingerprint density at radius 1 is 1.20 bits per heavy atom. The summed E-state index contributed by atoms with van der Waals surface area (Å²) in [5, 5.41) is 12.7. The first kappa shape index (κ1) is 12.2. The lowest BCUT2D eigenvalue weighted by molar-refractivity contribution is 0.0853. The summed E-state index contributed by atoms with van der Waals surface area (Å²) in [6, 6.07) is 6.57. The smallest absolute Gasteiger partial charge is 0.251 e. The molecule has 3 aliphatic carbocycles. The number of nitrogens with one attached hydrogen (secondary N) is 1. The fraction of sp³-hybridized carbons (Fsp3) is 0.588. The molecule has 1 amide bonds. The Bertz CT molecular complexity index is 538. The van der Waals surface area contributed by atoms with Gasteiger partial charge in [-0.25, -0.2) is 0 Å². The average molecular weight is 271 g/mol. The van der Waals surface area contributed by atoms with E-state index in [2.05, 4.69) is 5.32 Å². The zero-order valence-electron chi connectivity index (χ0n) is 11.6. The second-order valence-corrected chi connectivity index (χ2v) is 6.86. The molecule has 0 spiro atoms. The Morgan fingerprint density at radius 2 is 2.00 bits per heavy atom. The number of carbonyl (C=O) groups is 1. The molecule has 0 aliphatic heterocycles. The van der Waals surface area contributed by atoms with Gasteiger partial charge in [-0.3, -0.25) is 4.79 Å². The topological polar surface area (TPSA) is 49.3 Å². The normalized spacial score (nSPS) is 37.9. The molecule has 1 aromatic carbocycles. The monoisotopic (exact) mass is 271 g/mol. The number of phenolic OH excluding ortho intramolecular Hbond substituents is 1. The second kappa shape index (κ2) is 4.24. The van der Waals surface area contributed by atoms with E-state index in [1.165, 1.54) is 32.1 Å². The first-order chi connectivity index (χ1) is 9.68. The van der Waals surface area contributed by atoms with Crippen molar-refractivity contribution in [2.75, 3.05) is 0 Å². The molecule has 4 unspecified atom stereocenters. The first-order valence-electron chi connectivity index (χ1n) is 7.79. The zero-order valence-corrected chi connectivity index (χ0v) is 11.6. The van der Waals surface area contributed by atoms with E-state index in [4.69, 9.17) is 0 Å². The van der Waals surface area contributed by atoms with Gasteiger partial charge in [-0.15, -0.1) is 0 Å². The van der Waals surface area contributed by atoms with Crippen molar-refractivity contribution in [1.29, 1.82) is 0 Å². The SMILES string of the molecule is O=C(NC12CCC(C1)C1CCCC12)c1ccc(O)cc1. The molecule has 0 saturated heterocycles. The number of hydrogen-bond donors (Lipinski definition) is 2. The molecular formula is C17H21NO2. The van der Waals surface area contributed by atoms with E-state index in [-0.39, 0.29) is 17.2 Å². The molecule has 3 nitrogen and oxygen atoms in total. The average Bonchev–Trinajstić information content (AvgIpc) is 3.11. The highest BCUT2D eigenvalue weighted by atomic mass is 16.3. The van der Waals surface area contributed by atoms with Crippen molar-refractivity contribution in [2.24, 2.45) is 17.8 Å². The van der Waals surface area contributed by atoms with Crippen LogP contribution in [0.15, 0.2) is 24.3 Å². The van der Waals surface area contributed by atoms with Crippen LogP contribution in [0.2, 0.25) is 0 Å². The zero-order chi connectivity index (χ0) is 13.7. The Kier molecular flexibility index (Phi) is 2.60. The first-order valence-corrected chi connectivity index (χ1v) is 7.79. The predicted molar refractivity (Wildman–Crippen MR) is 76.5 cm³/mol. The maximum Gasteiger partial charge on any atom is 0.251 e. The Balaban J connectivity index is 1.56. The van der Waals surface area contributed by atoms with Crippen LogP contribution in [0, 0.1) is 17.8 Å².